The first-order chi connectivity index (χ1) is 9.02. The topological polar surface area (TPSA) is 78.5 Å². The number of carbonyl (C=O) groups excluding carboxylic acids is 2. The fourth-order valence-electron chi connectivity index (χ4n) is 1.63. The van der Waals surface area contributed by atoms with Crippen molar-refractivity contribution in [2.24, 2.45) is 0 Å². The number of carboxylic acids is 1. The van der Waals surface area contributed by atoms with E-state index in [9.17, 15) is 14.7 Å². The van der Waals surface area contributed by atoms with E-state index in [2.05, 4.69) is 5.32 Å². The molecule has 0 aliphatic rings. The van der Waals surface area contributed by atoms with E-state index in [-0.39, 0.29) is 24.8 Å². The minimum Gasteiger partial charge on any atom is -0.550 e. The lowest BCUT2D eigenvalue weighted by molar-refractivity contribution is -0.305. The van der Waals surface area contributed by atoms with Gasteiger partial charge in [0.25, 0.3) is 0 Å². The van der Waals surface area contributed by atoms with Crippen LogP contribution >= 0.6 is 0 Å². The number of carboxylic acid groups (broad SMARTS) is 1. The monoisotopic (exact) mass is 264 g/mol. The van der Waals surface area contributed by atoms with Gasteiger partial charge in [-0.2, -0.15) is 0 Å². The fraction of sp³-hybridized carbons (Fsp3) is 0.429. The normalized spacial score (nSPS) is 11.7. The van der Waals surface area contributed by atoms with Crippen LogP contribution in [0.2, 0.25) is 0 Å². The summed E-state index contributed by atoms with van der Waals surface area (Å²) in [7, 11) is 0. The Morgan fingerprint density at radius 2 is 1.89 bits per heavy atom. The van der Waals surface area contributed by atoms with Crippen molar-refractivity contribution in [1.82, 2.24) is 5.32 Å². The highest BCUT2D eigenvalue weighted by atomic mass is 16.5. The van der Waals surface area contributed by atoms with Crippen LogP contribution in [0.15, 0.2) is 24.3 Å². The number of ether oxygens (including phenoxy) is 1. The van der Waals surface area contributed by atoms with Crippen molar-refractivity contribution in [3.8, 4) is 5.75 Å². The number of aliphatic carboxylic acids is 1. The molecule has 1 aromatic rings. The largest absolute Gasteiger partial charge is 0.550 e. The Kier molecular flexibility index (Phi) is 5.85. The molecule has 0 bridgehead atoms. The van der Waals surface area contributed by atoms with Crippen LogP contribution in [0.1, 0.15) is 38.3 Å². The van der Waals surface area contributed by atoms with Gasteiger partial charge in [-0.3, -0.25) is 4.79 Å². The smallest absolute Gasteiger partial charge is 0.220 e. The van der Waals surface area contributed by atoms with Crippen LogP contribution in [0.5, 0.6) is 5.75 Å². The first kappa shape index (κ1) is 15.0. The Hall–Kier alpha value is -2.04. The number of carbonyl (C=O) groups is 2. The van der Waals surface area contributed by atoms with Crippen LogP contribution < -0.4 is 15.2 Å². The summed E-state index contributed by atoms with van der Waals surface area (Å²) in [5, 5.41) is 13.0. The Morgan fingerprint density at radius 1 is 1.26 bits per heavy atom. The van der Waals surface area contributed by atoms with E-state index in [1.165, 1.54) is 0 Å². The first-order valence-electron chi connectivity index (χ1n) is 6.25. The van der Waals surface area contributed by atoms with Gasteiger partial charge in [-0.05, 0) is 38.0 Å². The molecule has 5 nitrogen and oxygen atoms in total. The zero-order chi connectivity index (χ0) is 14.3. The molecule has 104 valence electrons. The molecule has 1 N–H and O–H groups in total. The minimum atomic E-state index is -1.22. The molecule has 0 saturated heterocycles. The highest BCUT2D eigenvalue weighted by Gasteiger charge is 2.09. The summed E-state index contributed by atoms with van der Waals surface area (Å²) < 4.78 is 5.33. The fourth-order valence-corrected chi connectivity index (χ4v) is 1.63. The van der Waals surface area contributed by atoms with Crippen LogP contribution in [-0.2, 0) is 9.59 Å². The summed E-state index contributed by atoms with van der Waals surface area (Å²) in [4.78, 5) is 21.7. The highest BCUT2D eigenvalue weighted by molar-refractivity contribution is 5.80. The summed E-state index contributed by atoms with van der Waals surface area (Å²) in [5.41, 5.74) is 0.935. The van der Waals surface area contributed by atoms with Crippen LogP contribution in [-0.4, -0.2) is 18.5 Å². The van der Waals surface area contributed by atoms with Gasteiger partial charge in [0.2, 0.25) is 5.91 Å². The lowest BCUT2D eigenvalue weighted by Crippen LogP contribution is -2.29. The maximum Gasteiger partial charge on any atom is 0.220 e. The molecular formula is C14H18NO4-. The Bertz CT molecular complexity index is 428. The Morgan fingerprint density at radius 3 is 2.42 bits per heavy atom. The van der Waals surface area contributed by atoms with Crippen LogP contribution in [0.3, 0.4) is 0 Å². The Labute approximate surface area is 112 Å². The molecule has 5 heteroatoms. The summed E-state index contributed by atoms with van der Waals surface area (Å²) >= 11 is 0. The second kappa shape index (κ2) is 7.41. The molecule has 1 amide bonds. The van der Waals surface area contributed by atoms with Gasteiger partial charge in [0.1, 0.15) is 5.75 Å². The van der Waals surface area contributed by atoms with E-state index in [1.54, 1.807) is 0 Å². The quantitative estimate of drug-likeness (QED) is 0.789. The van der Waals surface area contributed by atoms with Gasteiger partial charge in [-0.15, -0.1) is 0 Å². The van der Waals surface area contributed by atoms with Crippen LogP contribution in [0.25, 0.3) is 0 Å². The number of hydrogen-bond donors (Lipinski definition) is 1. The summed E-state index contributed by atoms with van der Waals surface area (Å²) in [5.74, 6) is -0.740. The van der Waals surface area contributed by atoms with Crippen molar-refractivity contribution in [3.05, 3.63) is 29.8 Å². The number of rotatable bonds is 7. The van der Waals surface area contributed by atoms with Gasteiger partial charge in [0.05, 0.1) is 12.6 Å². The average Bonchev–Trinajstić information content (AvgIpc) is 2.37. The van der Waals surface area contributed by atoms with Crippen LogP contribution in [0.4, 0.5) is 0 Å². The summed E-state index contributed by atoms with van der Waals surface area (Å²) in [6.07, 6.45) is -0.328. The standard InChI is InChI=1S/C14H19NO4/c1-3-19-12-6-4-11(5-7-12)10(2)15-13(16)8-9-14(17)18/h4-7,10H,3,8-9H2,1-2H3,(H,15,16)(H,17,18)/p-1/t10-/m0/s1. The van der Waals surface area contributed by atoms with Gasteiger partial charge in [-0.25, -0.2) is 0 Å². The molecule has 0 aliphatic carbocycles. The van der Waals surface area contributed by atoms with Gasteiger partial charge in [0.15, 0.2) is 0 Å². The van der Waals surface area contributed by atoms with Crippen molar-refractivity contribution in [2.75, 3.05) is 6.61 Å². The predicted octanol–water partition coefficient (Wildman–Crippen LogP) is 0.793. The summed E-state index contributed by atoms with van der Waals surface area (Å²) in [6.45, 7) is 4.36. The third kappa shape index (κ3) is 5.42. The van der Waals surface area contributed by atoms with E-state index < -0.39 is 5.97 Å². The maximum absolute atomic E-state index is 11.5. The van der Waals surface area contributed by atoms with E-state index in [0.717, 1.165) is 11.3 Å². The lowest BCUT2D eigenvalue weighted by Gasteiger charge is -2.15. The highest BCUT2D eigenvalue weighted by Crippen LogP contribution is 2.17. The van der Waals surface area contributed by atoms with Crippen LogP contribution in [0, 0.1) is 0 Å². The zero-order valence-electron chi connectivity index (χ0n) is 11.1. The molecule has 0 spiro atoms. The number of nitrogens with one attached hydrogen (secondary N) is 1. The van der Waals surface area contributed by atoms with E-state index >= 15 is 0 Å². The molecule has 1 rings (SSSR count). The molecule has 0 aliphatic heterocycles. The van der Waals surface area contributed by atoms with Gasteiger partial charge >= 0.3 is 0 Å². The second-order valence-electron chi connectivity index (χ2n) is 4.16. The third-order valence-corrected chi connectivity index (χ3v) is 2.62. The van der Waals surface area contributed by atoms with Gasteiger partial charge < -0.3 is 20.0 Å². The van der Waals surface area contributed by atoms with Gasteiger partial charge in [0, 0.05) is 12.4 Å². The molecule has 0 aromatic heterocycles. The van der Waals surface area contributed by atoms with E-state index in [1.807, 2.05) is 38.1 Å². The maximum atomic E-state index is 11.5. The molecule has 1 aromatic carbocycles. The number of hydrogen-bond acceptors (Lipinski definition) is 4. The molecule has 0 saturated carbocycles. The molecule has 0 unspecified atom stereocenters. The van der Waals surface area contributed by atoms with Crippen molar-refractivity contribution in [1.29, 1.82) is 0 Å². The number of benzene rings is 1. The third-order valence-electron chi connectivity index (χ3n) is 2.62. The minimum absolute atomic E-state index is 0.0658. The molecule has 19 heavy (non-hydrogen) atoms. The van der Waals surface area contributed by atoms with Crippen molar-refractivity contribution in [3.63, 3.8) is 0 Å². The Balaban J connectivity index is 2.50. The summed E-state index contributed by atoms with van der Waals surface area (Å²) in [6, 6.07) is 7.24. The number of amides is 1. The van der Waals surface area contributed by atoms with E-state index in [4.69, 9.17) is 4.74 Å². The van der Waals surface area contributed by atoms with E-state index in [0.29, 0.717) is 6.61 Å². The van der Waals surface area contributed by atoms with Gasteiger partial charge in [-0.1, -0.05) is 12.1 Å². The average molecular weight is 264 g/mol. The first-order valence-corrected chi connectivity index (χ1v) is 6.25. The van der Waals surface area contributed by atoms with Crippen molar-refractivity contribution >= 4 is 11.9 Å². The predicted molar refractivity (Wildman–Crippen MR) is 68.4 cm³/mol. The lowest BCUT2D eigenvalue weighted by atomic mass is 10.1. The second-order valence-corrected chi connectivity index (χ2v) is 4.16. The molecule has 0 radical (unpaired) electrons. The molecule has 1 atom stereocenters. The van der Waals surface area contributed by atoms with Crippen molar-refractivity contribution < 1.29 is 19.4 Å². The molecule has 0 fully saturated rings. The molecular weight excluding hydrogens is 246 g/mol. The molecule has 0 heterocycles. The zero-order valence-corrected chi connectivity index (χ0v) is 11.1. The SMILES string of the molecule is CCOc1ccc([C@H](C)NC(=O)CCC(=O)[O-])cc1. The van der Waals surface area contributed by atoms with Crippen molar-refractivity contribution in [2.45, 2.75) is 32.7 Å².